The van der Waals surface area contributed by atoms with Crippen LogP contribution in [0.15, 0.2) is 55.1 Å². The predicted molar refractivity (Wildman–Crippen MR) is 154 cm³/mol. The monoisotopic (exact) mass is 573 g/mol. The van der Waals surface area contributed by atoms with Crippen LogP contribution in [0, 0.1) is 0 Å². The minimum Gasteiger partial charge on any atom is -0.379 e. The van der Waals surface area contributed by atoms with Gasteiger partial charge in [-0.25, -0.2) is 29.7 Å². The summed E-state index contributed by atoms with van der Waals surface area (Å²) in [7, 11) is 0. The molecule has 3 N–H and O–H groups in total. The Hall–Kier alpha value is -3.88. The number of ether oxygens (including phenoxy) is 2. The number of aromatic nitrogens is 5. The molecule has 212 valence electrons. The molecule has 1 aromatic carbocycles. The quantitative estimate of drug-likeness (QED) is 0.288. The average molecular weight is 574 g/mol. The van der Waals surface area contributed by atoms with E-state index < -0.39 is 0 Å². The van der Waals surface area contributed by atoms with E-state index in [0.29, 0.717) is 42.9 Å². The van der Waals surface area contributed by atoms with Gasteiger partial charge in [0.15, 0.2) is 17.5 Å². The first kappa shape index (κ1) is 27.3. The summed E-state index contributed by atoms with van der Waals surface area (Å²) in [5, 5.41) is 9.00. The van der Waals surface area contributed by atoms with Gasteiger partial charge in [-0.3, -0.25) is 4.90 Å². The van der Waals surface area contributed by atoms with Crippen LogP contribution in [0.1, 0.15) is 22.4 Å². The first-order valence-electron chi connectivity index (χ1n) is 13.6. The molecule has 2 amide bonds. The number of thiophene rings is 1. The smallest absolute Gasteiger partial charge is 0.319 e. The first-order chi connectivity index (χ1) is 20.2. The zero-order valence-corrected chi connectivity index (χ0v) is 23.3. The summed E-state index contributed by atoms with van der Waals surface area (Å²) in [5.74, 6) is 1.79. The van der Waals surface area contributed by atoms with Gasteiger partial charge in [0.1, 0.15) is 12.4 Å². The molecule has 0 bridgehead atoms. The number of carbonyl (C=O) groups excluding carboxylic acids is 1. The number of anilines is 1. The number of hydrogen-bond donors (Lipinski definition) is 3. The van der Waals surface area contributed by atoms with Gasteiger partial charge >= 0.3 is 6.03 Å². The number of morpholine rings is 2. The number of nitrogens with one attached hydrogen (secondary N) is 3. The van der Waals surface area contributed by atoms with E-state index in [-0.39, 0.29) is 12.1 Å². The molecule has 0 radical (unpaired) electrons. The van der Waals surface area contributed by atoms with Gasteiger partial charge in [-0.1, -0.05) is 0 Å². The molecule has 2 aliphatic heterocycles. The Morgan fingerprint density at radius 2 is 1.80 bits per heavy atom. The Morgan fingerprint density at radius 1 is 1.00 bits per heavy atom. The fourth-order valence-corrected chi connectivity index (χ4v) is 5.54. The molecule has 3 aromatic heterocycles. The van der Waals surface area contributed by atoms with Gasteiger partial charge in [-0.15, -0.1) is 11.3 Å². The molecule has 12 nitrogen and oxygen atoms in total. The van der Waals surface area contributed by atoms with Gasteiger partial charge < -0.3 is 25.4 Å². The molecule has 1 atom stereocenters. The van der Waals surface area contributed by atoms with E-state index in [2.05, 4.69) is 43.0 Å². The van der Waals surface area contributed by atoms with E-state index >= 15 is 0 Å². The Balaban J connectivity index is 1.19. The molecule has 13 heteroatoms. The number of urea groups is 1. The maximum Gasteiger partial charge on any atom is 0.319 e. The second-order valence-electron chi connectivity index (χ2n) is 9.69. The Morgan fingerprint density at radius 3 is 2.59 bits per heavy atom. The lowest BCUT2D eigenvalue weighted by Gasteiger charge is -2.25. The van der Waals surface area contributed by atoms with Gasteiger partial charge in [-0.05, 0) is 36.4 Å². The lowest BCUT2D eigenvalue weighted by atomic mass is 10.2. The fraction of sp³-hybridized carbons (Fsp3) is 0.357. The summed E-state index contributed by atoms with van der Waals surface area (Å²) in [6, 6.07) is 11.3. The lowest BCUT2D eigenvalue weighted by Crippen LogP contribution is -2.35. The highest BCUT2D eigenvalue weighted by Crippen LogP contribution is 2.30. The number of carbonyl (C=O) groups is 1. The normalized spacial score (nSPS) is 17.7. The molecule has 2 fully saturated rings. The molecule has 5 heterocycles. The van der Waals surface area contributed by atoms with Gasteiger partial charge in [-0.2, -0.15) is 0 Å². The van der Waals surface area contributed by atoms with Crippen LogP contribution in [0.4, 0.5) is 10.5 Å². The summed E-state index contributed by atoms with van der Waals surface area (Å²) in [4.78, 5) is 39.4. The molecule has 1 unspecified atom stereocenters. The Kier molecular flexibility index (Phi) is 8.78. The topological polar surface area (TPSA) is 139 Å². The van der Waals surface area contributed by atoms with Crippen molar-refractivity contribution in [1.82, 2.24) is 40.5 Å². The van der Waals surface area contributed by atoms with Crippen molar-refractivity contribution in [3.63, 3.8) is 0 Å². The minimum atomic E-state index is -0.320. The second kappa shape index (κ2) is 13.2. The summed E-state index contributed by atoms with van der Waals surface area (Å²) < 4.78 is 11.5. The number of rotatable bonds is 8. The van der Waals surface area contributed by atoms with E-state index in [1.807, 2.05) is 24.3 Å². The second-order valence-corrected chi connectivity index (χ2v) is 10.9. The number of hydrogen-bond acceptors (Lipinski definition) is 11. The first-order valence-corrected chi connectivity index (χ1v) is 14.4. The van der Waals surface area contributed by atoms with E-state index in [4.69, 9.17) is 24.4 Å². The SMILES string of the molecule is O=C(NCc1cncnc1)Nc1ccc(-c2nc(-c3ccc(CN4CCOCC4)s3)nc(C3CNCCO3)n2)cc1. The standard InChI is InChI=1S/C28H31N9O3S/c38-28(32-15-19-13-30-18-31-14-19)33-21-3-1-20(2-4-21)25-34-26(23-16-29-7-10-40-23)36-27(35-25)24-6-5-22(41-24)17-37-8-11-39-12-9-37/h1-6,13-14,18,23,29H,7-12,15-17H2,(H2,32,33,38). The van der Waals surface area contributed by atoms with Crippen molar-refractivity contribution in [2.45, 2.75) is 19.2 Å². The van der Waals surface area contributed by atoms with E-state index in [1.54, 1.807) is 23.7 Å². The Bertz CT molecular complexity index is 1440. The number of amides is 2. The molecule has 0 spiro atoms. The molecule has 2 saturated heterocycles. The minimum absolute atomic E-state index is 0.253. The summed E-state index contributed by atoms with van der Waals surface area (Å²) in [5.41, 5.74) is 2.28. The van der Waals surface area contributed by atoms with Gasteiger partial charge in [0.25, 0.3) is 0 Å². The van der Waals surface area contributed by atoms with Gasteiger partial charge in [0.2, 0.25) is 0 Å². The summed E-state index contributed by atoms with van der Waals surface area (Å²) in [6.45, 7) is 6.68. The Labute approximate surface area is 241 Å². The van der Waals surface area contributed by atoms with Crippen molar-refractivity contribution in [1.29, 1.82) is 0 Å². The van der Waals surface area contributed by atoms with Crippen molar-refractivity contribution < 1.29 is 14.3 Å². The maximum absolute atomic E-state index is 12.4. The van der Waals surface area contributed by atoms with Crippen LogP contribution in [0.3, 0.4) is 0 Å². The van der Waals surface area contributed by atoms with Crippen molar-refractivity contribution in [3.05, 3.63) is 71.4 Å². The number of benzene rings is 1. The van der Waals surface area contributed by atoms with Crippen LogP contribution in [0.2, 0.25) is 0 Å². The molecular formula is C28H31N9O3S. The van der Waals surface area contributed by atoms with Crippen molar-refractivity contribution in [2.24, 2.45) is 0 Å². The van der Waals surface area contributed by atoms with Crippen molar-refractivity contribution in [3.8, 4) is 22.1 Å². The molecular weight excluding hydrogens is 542 g/mol. The van der Waals surface area contributed by atoms with E-state index in [9.17, 15) is 4.79 Å². The summed E-state index contributed by atoms with van der Waals surface area (Å²) >= 11 is 1.70. The highest BCUT2D eigenvalue weighted by Gasteiger charge is 2.22. The van der Waals surface area contributed by atoms with Crippen molar-refractivity contribution >= 4 is 23.1 Å². The average Bonchev–Trinajstić information content (AvgIpc) is 3.50. The highest BCUT2D eigenvalue weighted by molar-refractivity contribution is 7.15. The third kappa shape index (κ3) is 7.26. The molecule has 0 saturated carbocycles. The van der Waals surface area contributed by atoms with Crippen molar-refractivity contribution in [2.75, 3.05) is 51.3 Å². The molecule has 4 aromatic rings. The van der Waals surface area contributed by atoms with Crippen LogP contribution in [0.5, 0.6) is 0 Å². The van der Waals surface area contributed by atoms with Crippen LogP contribution in [0.25, 0.3) is 22.1 Å². The predicted octanol–water partition coefficient (Wildman–Crippen LogP) is 2.87. The summed E-state index contributed by atoms with van der Waals surface area (Å²) in [6.07, 6.45) is 4.52. The lowest BCUT2D eigenvalue weighted by molar-refractivity contribution is 0.0221. The largest absolute Gasteiger partial charge is 0.379 e. The van der Waals surface area contributed by atoms with E-state index in [0.717, 1.165) is 55.4 Å². The molecule has 41 heavy (non-hydrogen) atoms. The van der Waals surface area contributed by atoms with E-state index in [1.165, 1.54) is 11.2 Å². The highest BCUT2D eigenvalue weighted by atomic mass is 32.1. The van der Waals surface area contributed by atoms with Crippen LogP contribution >= 0.6 is 11.3 Å². The van der Waals surface area contributed by atoms with Crippen LogP contribution < -0.4 is 16.0 Å². The zero-order chi connectivity index (χ0) is 27.9. The molecule has 6 rings (SSSR count). The van der Waals surface area contributed by atoms with Crippen LogP contribution in [-0.4, -0.2) is 81.9 Å². The van der Waals surface area contributed by atoms with Gasteiger partial charge in [0, 0.05) is 73.4 Å². The third-order valence-corrected chi connectivity index (χ3v) is 7.77. The van der Waals surface area contributed by atoms with Gasteiger partial charge in [0.05, 0.1) is 24.7 Å². The van der Waals surface area contributed by atoms with Crippen LogP contribution in [-0.2, 0) is 22.6 Å². The fourth-order valence-electron chi connectivity index (χ4n) is 4.55. The third-order valence-electron chi connectivity index (χ3n) is 6.70. The molecule has 0 aliphatic carbocycles. The molecule has 2 aliphatic rings. The number of nitrogens with zero attached hydrogens (tertiary/aromatic N) is 6. The zero-order valence-electron chi connectivity index (χ0n) is 22.5. The maximum atomic E-state index is 12.4.